The van der Waals surface area contributed by atoms with Crippen LogP contribution < -0.4 is 16.6 Å². The number of anilines is 1. The highest BCUT2D eigenvalue weighted by Gasteiger charge is 2.21. The SMILES string of the molecule is COC(=O)c1sc2ccc3[nH]c(=O)cnc3c2c1NCC(C)N. The van der Waals surface area contributed by atoms with Crippen molar-refractivity contribution in [1.29, 1.82) is 0 Å². The first-order valence-electron chi connectivity index (χ1n) is 7.03. The van der Waals surface area contributed by atoms with Crippen molar-refractivity contribution in [2.24, 2.45) is 5.73 Å². The summed E-state index contributed by atoms with van der Waals surface area (Å²) >= 11 is 1.32. The Kier molecular flexibility index (Phi) is 4.01. The first-order chi connectivity index (χ1) is 11.0. The molecule has 1 atom stereocenters. The summed E-state index contributed by atoms with van der Waals surface area (Å²) in [5.74, 6) is -0.420. The molecule has 0 aliphatic rings. The van der Waals surface area contributed by atoms with Gasteiger partial charge in [0.1, 0.15) is 4.88 Å². The van der Waals surface area contributed by atoms with Gasteiger partial charge in [0.05, 0.1) is 30.0 Å². The summed E-state index contributed by atoms with van der Waals surface area (Å²) in [4.78, 5) is 31.0. The van der Waals surface area contributed by atoms with Crippen LogP contribution in [0.15, 0.2) is 23.1 Å². The zero-order valence-electron chi connectivity index (χ0n) is 12.7. The van der Waals surface area contributed by atoms with Gasteiger partial charge in [0.2, 0.25) is 0 Å². The lowest BCUT2D eigenvalue weighted by atomic mass is 10.1. The molecule has 0 aliphatic heterocycles. The average Bonchev–Trinajstić information content (AvgIpc) is 2.90. The standard InChI is InChI=1S/C15H16N4O3S/c1-7(16)5-17-13-11-9(23-14(13)15(21)22-2)4-3-8-12(11)18-6-10(20)19-8/h3-4,6-7,17H,5,16H2,1-2H3,(H,19,20). The van der Waals surface area contributed by atoms with Crippen LogP contribution in [0.25, 0.3) is 21.1 Å². The van der Waals surface area contributed by atoms with E-state index < -0.39 is 5.97 Å². The molecule has 1 unspecified atom stereocenters. The minimum Gasteiger partial charge on any atom is -0.465 e. The zero-order chi connectivity index (χ0) is 16.6. The highest BCUT2D eigenvalue weighted by Crippen LogP contribution is 2.39. The summed E-state index contributed by atoms with van der Waals surface area (Å²) in [5, 5.41) is 3.99. The van der Waals surface area contributed by atoms with Gasteiger partial charge in [-0.25, -0.2) is 9.78 Å². The number of hydrogen-bond donors (Lipinski definition) is 3. The third kappa shape index (κ3) is 2.78. The van der Waals surface area contributed by atoms with E-state index in [0.717, 1.165) is 10.1 Å². The number of carbonyl (C=O) groups is 1. The van der Waals surface area contributed by atoms with Crippen LogP contribution in [0.2, 0.25) is 0 Å². The molecule has 0 radical (unpaired) electrons. The normalized spacial score (nSPS) is 12.5. The number of H-pyrrole nitrogens is 1. The molecule has 0 aliphatic carbocycles. The van der Waals surface area contributed by atoms with Crippen molar-refractivity contribution in [3.63, 3.8) is 0 Å². The number of nitrogens with one attached hydrogen (secondary N) is 2. The largest absolute Gasteiger partial charge is 0.465 e. The number of nitrogens with two attached hydrogens (primary N) is 1. The van der Waals surface area contributed by atoms with Gasteiger partial charge in [-0.2, -0.15) is 0 Å². The Morgan fingerprint density at radius 3 is 3.00 bits per heavy atom. The fourth-order valence-corrected chi connectivity index (χ4v) is 3.46. The lowest BCUT2D eigenvalue weighted by molar-refractivity contribution is 0.0607. The van der Waals surface area contributed by atoms with Crippen molar-refractivity contribution in [2.75, 3.05) is 19.0 Å². The van der Waals surface area contributed by atoms with E-state index in [1.54, 1.807) is 6.07 Å². The molecule has 0 saturated carbocycles. The number of fused-ring (bicyclic) bond motifs is 3. The number of rotatable bonds is 4. The maximum absolute atomic E-state index is 12.1. The molecule has 3 aromatic rings. The quantitative estimate of drug-likeness (QED) is 0.627. The lowest BCUT2D eigenvalue weighted by Gasteiger charge is -2.10. The Morgan fingerprint density at radius 2 is 2.30 bits per heavy atom. The molecule has 2 aromatic heterocycles. The molecule has 2 heterocycles. The second-order valence-corrected chi connectivity index (χ2v) is 6.29. The molecular weight excluding hydrogens is 316 g/mol. The van der Waals surface area contributed by atoms with Gasteiger partial charge >= 0.3 is 5.97 Å². The number of aromatic nitrogens is 2. The molecule has 0 spiro atoms. The van der Waals surface area contributed by atoms with Crippen LogP contribution in [0.3, 0.4) is 0 Å². The Morgan fingerprint density at radius 1 is 1.52 bits per heavy atom. The van der Waals surface area contributed by atoms with E-state index in [1.807, 2.05) is 13.0 Å². The van der Waals surface area contributed by atoms with Crippen LogP contribution in [-0.4, -0.2) is 35.6 Å². The van der Waals surface area contributed by atoms with Crippen LogP contribution in [0.4, 0.5) is 5.69 Å². The van der Waals surface area contributed by atoms with Crippen LogP contribution in [0.5, 0.6) is 0 Å². The molecule has 0 bridgehead atoms. The Balaban J connectivity index is 2.31. The molecule has 1 aromatic carbocycles. The molecule has 4 N–H and O–H groups in total. The van der Waals surface area contributed by atoms with E-state index in [1.165, 1.54) is 24.6 Å². The van der Waals surface area contributed by atoms with Crippen LogP contribution >= 0.6 is 11.3 Å². The number of nitrogens with zero attached hydrogens (tertiary/aromatic N) is 1. The van der Waals surface area contributed by atoms with Crippen molar-refractivity contribution in [2.45, 2.75) is 13.0 Å². The van der Waals surface area contributed by atoms with E-state index in [0.29, 0.717) is 28.1 Å². The molecule has 0 saturated heterocycles. The summed E-state index contributed by atoms with van der Waals surface area (Å²) in [7, 11) is 1.34. The van der Waals surface area contributed by atoms with Gasteiger partial charge in [-0.1, -0.05) is 0 Å². The van der Waals surface area contributed by atoms with Crippen molar-refractivity contribution in [3.05, 3.63) is 33.6 Å². The number of aromatic amines is 1. The van der Waals surface area contributed by atoms with Gasteiger partial charge in [0, 0.05) is 22.7 Å². The predicted octanol–water partition coefficient (Wildman–Crippen LogP) is 1.68. The second kappa shape index (κ2) is 5.98. The topological polar surface area (TPSA) is 110 Å². The first-order valence-corrected chi connectivity index (χ1v) is 7.85. The summed E-state index contributed by atoms with van der Waals surface area (Å²) < 4.78 is 5.75. The number of ether oxygens (including phenoxy) is 1. The Labute approximate surface area is 135 Å². The van der Waals surface area contributed by atoms with Gasteiger partial charge in [0.25, 0.3) is 5.56 Å². The van der Waals surface area contributed by atoms with E-state index in [9.17, 15) is 9.59 Å². The van der Waals surface area contributed by atoms with Crippen molar-refractivity contribution >= 4 is 44.1 Å². The third-order valence-corrected chi connectivity index (χ3v) is 4.50. The van der Waals surface area contributed by atoms with E-state index >= 15 is 0 Å². The van der Waals surface area contributed by atoms with Gasteiger partial charge < -0.3 is 20.8 Å². The average molecular weight is 332 g/mol. The highest BCUT2D eigenvalue weighted by molar-refractivity contribution is 7.21. The van der Waals surface area contributed by atoms with Crippen LogP contribution in [-0.2, 0) is 4.74 Å². The van der Waals surface area contributed by atoms with Crippen molar-refractivity contribution < 1.29 is 9.53 Å². The van der Waals surface area contributed by atoms with Gasteiger partial charge in [0.15, 0.2) is 0 Å². The number of thiophene rings is 1. The zero-order valence-corrected chi connectivity index (χ0v) is 13.5. The van der Waals surface area contributed by atoms with Crippen LogP contribution in [0.1, 0.15) is 16.6 Å². The predicted molar refractivity (Wildman–Crippen MR) is 91.2 cm³/mol. The summed E-state index contributed by atoms with van der Waals surface area (Å²) in [6, 6.07) is 3.54. The molecule has 0 fully saturated rings. The summed E-state index contributed by atoms with van der Waals surface area (Å²) in [6.45, 7) is 2.36. The minimum atomic E-state index is -0.420. The minimum absolute atomic E-state index is 0.0850. The Bertz CT molecular complexity index is 945. The number of benzene rings is 1. The maximum Gasteiger partial charge on any atom is 0.350 e. The molecular formula is C15H16N4O3S. The maximum atomic E-state index is 12.1. The molecule has 0 amide bonds. The molecule has 120 valence electrons. The fourth-order valence-electron chi connectivity index (χ4n) is 2.37. The second-order valence-electron chi connectivity index (χ2n) is 5.24. The van der Waals surface area contributed by atoms with E-state index in [-0.39, 0.29) is 11.6 Å². The Hall–Kier alpha value is -2.45. The number of carbonyl (C=O) groups excluding carboxylic acids is 1. The van der Waals surface area contributed by atoms with Crippen molar-refractivity contribution in [1.82, 2.24) is 9.97 Å². The highest BCUT2D eigenvalue weighted by atomic mass is 32.1. The summed E-state index contributed by atoms with van der Waals surface area (Å²) in [5.41, 5.74) is 7.41. The summed E-state index contributed by atoms with van der Waals surface area (Å²) in [6.07, 6.45) is 1.23. The molecule has 8 heteroatoms. The van der Waals surface area contributed by atoms with Crippen LogP contribution in [0, 0.1) is 0 Å². The van der Waals surface area contributed by atoms with Gasteiger partial charge in [-0.05, 0) is 19.1 Å². The van der Waals surface area contributed by atoms with E-state index in [2.05, 4.69) is 15.3 Å². The van der Waals surface area contributed by atoms with Crippen molar-refractivity contribution in [3.8, 4) is 0 Å². The van der Waals surface area contributed by atoms with Gasteiger partial charge in [-0.3, -0.25) is 4.79 Å². The molecule has 23 heavy (non-hydrogen) atoms. The molecule has 3 rings (SSSR count). The smallest absolute Gasteiger partial charge is 0.350 e. The lowest BCUT2D eigenvalue weighted by Crippen LogP contribution is -2.25. The number of hydrogen-bond acceptors (Lipinski definition) is 7. The third-order valence-electron chi connectivity index (χ3n) is 3.37. The first kappa shape index (κ1) is 15.4. The fraction of sp³-hybridized carbons (Fsp3) is 0.267. The number of methoxy groups -OCH3 is 1. The van der Waals surface area contributed by atoms with Gasteiger partial charge in [-0.15, -0.1) is 11.3 Å². The van der Waals surface area contributed by atoms with E-state index in [4.69, 9.17) is 10.5 Å². The number of esters is 1. The monoisotopic (exact) mass is 332 g/mol. The molecule has 7 nitrogen and oxygen atoms in total.